The average Bonchev–Trinajstić information content (AvgIpc) is 2.93. The highest BCUT2D eigenvalue weighted by molar-refractivity contribution is 5.96. The SMILES string of the molecule is CC(C)(C)c1ccc(C(=O)NCC(=O)NC2CCCC2(C)CO)cc1. The number of hydrogen-bond donors (Lipinski definition) is 3. The summed E-state index contributed by atoms with van der Waals surface area (Å²) in [5.74, 6) is -0.474. The van der Waals surface area contributed by atoms with Crippen LogP contribution in [-0.4, -0.2) is 36.1 Å². The van der Waals surface area contributed by atoms with Crippen molar-refractivity contribution in [3.05, 3.63) is 35.4 Å². The van der Waals surface area contributed by atoms with Gasteiger partial charge in [-0.05, 0) is 36.0 Å². The molecule has 25 heavy (non-hydrogen) atoms. The molecule has 2 atom stereocenters. The van der Waals surface area contributed by atoms with Gasteiger partial charge >= 0.3 is 0 Å². The van der Waals surface area contributed by atoms with Gasteiger partial charge in [0.2, 0.25) is 5.91 Å². The zero-order valence-corrected chi connectivity index (χ0v) is 15.7. The number of aliphatic hydroxyl groups is 1. The molecule has 0 saturated heterocycles. The molecule has 0 aliphatic heterocycles. The summed E-state index contributed by atoms with van der Waals surface area (Å²) in [6.45, 7) is 8.35. The molecule has 0 radical (unpaired) electrons. The number of nitrogens with one attached hydrogen (secondary N) is 2. The van der Waals surface area contributed by atoms with Crippen molar-refractivity contribution in [2.24, 2.45) is 5.41 Å². The van der Waals surface area contributed by atoms with E-state index in [0.29, 0.717) is 5.56 Å². The fourth-order valence-corrected chi connectivity index (χ4v) is 3.30. The van der Waals surface area contributed by atoms with Crippen molar-refractivity contribution in [2.45, 2.75) is 58.4 Å². The van der Waals surface area contributed by atoms with Crippen LogP contribution in [0.3, 0.4) is 0 Å². The van der Waals surface area contributed by atoms with Gasteiger partial charge in [0.1, 0.15) is 0 Å². The smallest absolute Gasteiger partial charge is 0.251 e. The van der Waals surface area contributed by atoms with E-state index in [-0.39, 0.29) is 41.8 Å². The summed E-state index contributed by atoms with van der Waals surface area (Å²) in [5.41, 5.74) is 1.48. The van der Waals surface area contributed by atoms with E-state index in [1.807, 2.05) is 19.1 Å². The van der Waals surface area contributed by atoms with Gasteiger partial charge in [-0.3, -0.25) is 9.59 Å². The number of carbonyl (C=O) groups is 2. The van der Waals surface area contributed by atoms with E-state index in [1.165, 1.54) is 0 Å². The van der Waals surface area contributed by atoms with Crippen LogP contribution in [0.15, 0.2) is 24.3 Å². The summed E-state index contributed by atoms with van der Waals surface area (Å²) >= 11 is 0. The number of benzene rings is 1. The first-order valence-electron chi connectivity index (χ1n) is 8.95. The zero-order chi connectivity index (χ0) is 18.7. The Bertz CT molecular complexity index is 619. The van der Waals surface area contributed by atoms with Crippen LogP contribution in [0.2, 0.25) is 0 Å². The van der Waals surface area contributed by atoms with Gasteiger partial charge in [-0.1, -0.05) is 46.2 Å². The van der Waals surface area contributed by atoms with E-state index in [1.54, 1.807) is 12.1 Å². The molecular weight excluding hydrogens is 316 g/mol. The predicted octanol–water partition coefficient (Wildman–Crippen LogP) is 2.38. The number of hydrogen-bond acceptors (Lipinski definition) is 3. The monoisotopic (exact) mass is 346 g/mol. The molecule has 1 aromatic rings. The quantitative estimate of drug-likeness (QED) is 0.766. The first kappa shape index (κ1) is 19.4. The van der Waals surface area contributed by atoms with Gasteiger partial charge < -0.3 is 15.7 Å². The summed E-state index contributed by atoms with van der Waals surface area (Å²) in [6.07, 6.45) is 2.76. The van der Waals surface area contributed by atoms with Crippen molar-refractivity contribution in [1.29, 1.82) is 0 Å². The Kier molecular flexibility index (Phi) is 5.88. The third-order valence-electron chi connectivity index (χ3n) is 5.20. The molecule has 1 aliphatic rings. The van der Waals surface area contributed by atoms with Crippen molar-refractivity contribution in [2.75, 3.05) is 13.2 Å². The zero-order valence-electron chi connectivity index (χ0n) is 15.7. The molecule has 1 aromatic carbocycles. The van der Waals surface area contributed by atoms with E-state index < -0.39 is 0 Å². The lowest BCUT2D eigenvalue weighted by Gasteiger charge is -2.30. The summed E-state index contributed by atoms with van der Waals surface area (Å²) in [7, 11) is 0. The van der Waals surface area contributed by atoms with Crippen LogP contribution in [0.5, 0.6) is 0 Å². The maximum atomic E-state index is 12.2. The van der Waals surface area contributed by atoms with Crippen molar-refractivity contribution < 1.29 is 14.7 Å². The van der Waals surface area contributed by atoms with Gasteiger partial charge in [-0.2, -0.15) is 0 Å². The van der Waals surface area contributed by atoms with E-state index in [0.717, 1.165) is 24.8 Å². The molecule has 2 unspecified atom stereocenters. The minimum atomic E-state index is -0.261. The topological polar surface area (TPSA) is 78.4 Å². The lowest BCUT2D eigenvalue weighted by molar-refractivity contribution is -0.121. The van der Waals surface area contributed by atoms with Crippen LogP contribution in [0.25, 0.3) is 0 Å². The molecule has 138 valence electrons. The molecule has 0 aromatic heterocycles. The molecule has 5 nitrogen and oxygen atoms in total. The number of carbonyl (C=O) groups excluding carboxylic acids is 2. The maximum Gasteiger partial charge on any atom is 0.251 e. The van der Waals surface area contributed by atoms with Crippen molar-refractivity contribution in [3.8, 4) is 0 Å². The summed E-state index contributed by atoms with van der Waals surface area (Å²) in [4.78, 5) is 24.3. The third kappa shape index (κ3) is 4.82. The fourth-order valence-electron chi connectivity index (χ4n) is 3.30. The molecule has 0 heterocycles. The van der Waals surface area contributed by atoms with Crippen LogP contribution in [0.4, 0.5) is 0 Å². The second kappa shape index (κ2) is 7.56. The second-order valence-corrected chi connectivity index (χ2v) is 8.33. The minimum Gasteiger partial charge on any atom is -0.396 e. The van der Waals surface area contributed by atoms with Gasteiger partial charge in [0.15, 0.2) is 0 Å². The summed E-state index contributed by atoms with van der Waals surface area (Å²) < 4.78 is 0. The van der Waals surface area contributed by atoms with Gasteiger partial charge in [0, 0.05) is 17.0 Å². The second-order valence-electron chi connectivity index (χ2n) is 8.33. The van der Waals surface area contributed by atoms with Crippen molar-refractivity contribution in [3.63, 3.8) is 0 Å². The highest BCUT2D eigenvalue weighted by Crippen LogP contribution is 2.37. The van der Waals surface area contributed by atoms with Gasteiger partial charge in [-0.25, -0.2) is 0 Å². The molecule has 2 rings (SSSR count). The van der Waals surface area contributed by atoms with Crippen LogP contribution < -0.4 is 10.6 Å². The number of aliphatic hydroxyl groups excluding tert-OH is 1. The minimum absolute atomic E-state index is 0.0343. The molecule has 5 heteroatoms. The lowest BCUT2D eigenvalue weighted by atomic mass is 9.86. The normalized spacial score (nSPS) is 23.3. The Morgan fingerprint density at radius 3 is 2.44 bits per heavy atom. The van der Waals surface area contributed by atoms with Crippen LogP contribution in [-0.2, 0) is 10.2 Å². The van der Waals surface area contributed by atoms with Crippen LogP contribution in [0, 0.1) is 5.41 Å². The van der Waals surface area contributed by atoms with Gasteiger partial charge in [-0.15, -0.1) is 0 Å². The number of amides is 2. The highest BCUT2D eigenvalue weighted by Gasteiger charge is 2.38. The maximum absolute atomic E-state index is 12.2. The molecule has 0 spiro atoms. The molecule has 1 aliphatic carbocycles. The molecule has 1 saturated carbocycles. The molecule has 2 amide bonds. The Morgan fingerprint density at radius 2 is 1.88 bits per heavy atom. The molecular formula is C20H30N2O3. The van der Waals surface area contributed by atoms with Crippen LogP contribution >= 0.6 is 0 Å². The predicted molar refractivity (Wildman–Crippen MR) is 98.4 cm³/mol. The van der Waals surface area contributed by atoms with Crippen LogP contribution in [0.1, 0.15) is 62.9 Å². The van der Waals surface area contributed by atoms with E-state index in [9.17, 15) is 14.7 Å². The Hall–Kier alpha value is -1.88. The lowest BCUT2D eigenvalue weighted by Crippen LogP contribution is -2.48. The van der Waals surface area contributed by atoms with Gasteiger partial charge in [0.05, 0.1) is 13.2 Å². The average molecular weight is 346 g/mol. The van der Waals surface area contributed by atoms with E-state index in [2.05, 4.69) is 31.4 Å². The summed E-state index contributed by atoms with van der Waals surface area (Å²) in [5, 5.41) is 15.1. The van der Waals surface area contributed by atoms with Crippen molar-refractivity contribution in [1.82, 2.24) is 10.6 Å². The Labute approximate surface area is 150 Å². The molecule has 0 bridgehead atoms. The fraction of sp³-hybridized carbons (Fsp3) is 0.600. The van der Waals surface area contributed by atoms with Crippen molar-refractivity contribution >= 4 is 11.8 Å². The molecule has 3 N–H and O–H groups in total. The van der Waals surface area contributed by atoms with Gasteiger partial charge in [0.25, 0.3) is 5.91 Å². The Balaban J connectivity index is 1.86. The van der Waals surface area contributed by atoms with E-state index in [4.69, 9.17) is 0 Å². The third-order valence-corrected chi connectivity index (χ3v) is 5.20. The number of rotatable bonds is 5. The first-order chi connectivity index (χ1) is 11.7. The summed E-state index contributed by atoms with van der Waals surface area (Å²) in [6, 6.07) is 7.43. The molecule has 1 fully saturated rings. The first-order valence-corrected chi connectivity index (χ1v) is 8.95. The largest absolute Gasteiger partial charge is 0.396 e. The Morgan fingerprint density at radius 1 is 1.24 bits per heavy atom. The van der Waals surface area contributed by atoms with E-state index >= 15 is 0 Å². The highest BCUT2D eigenvalue weighted by atomic mass is 16.3. The standard InChI is InChI=1S/C20H30N2O3/c1-19(2,3)15-9-7-14(8-10-15)18(25)21-12-17(24)22-16-6-5-11-20(16,4)13-23/h7-10,16,23H,5-6,11-13H2,1-4H3,(H,21,25)(H,22,24).